The molecule has 0 fully saturated rings. The number of amides is 1. The van der Waals surface area contributed by atoms with Crippen LogP contribution in [-0.2, 0) is 23.1 Å². The van der Waals surface area contributed by atoms with Crippen LogP contribution in [0.3, 0.4) is 0 Å². The van der Waals surface area contributed by atoms with Crippen LogP contribution in [0.2, 0.25) is 0 Å². The van der Waals surface area contributed by atoms with Gasteiger partial charge in [0.15, 0.2) is 6.04 Å². The van der Waals surface area contributed by atoms with Gasteiger partial charge >= 0.3 is 7.60 Å². The molecule has 10 nitrogen and oxygen atoms in total. The van der Waals surface area contributed by atoms with Gasteiger partial charge in [0.25, 0.3) is 5.91 Å². The zero-order chi connectivity index (χ0) is 21.6. The lowest BCUT2D eigenvalue weighted by atomic mass is 10.1. The fourth-order valence-corrected chi connectivity index (χ4v) is 4.49. The van der Waals surface area contributed by atoms with Crippen LogP contribution >= 0.6 is 7.60 Å². The molecule has 2 aliphatic heterocycles. The summed E-state index contributed by atoms with van der Waals surface area (Å²) >= 11 is 0. The number of guanidine groups is 1. The average Bonchev–Trinajstić information content (AvgIpc) is 3.13. The van der Waals surface area contributed by atoms with Crippen LogP contribution in [0.25, 0.3) is 0 Å². The zero-order valence-corrected chi connectivity index (χ0v) is 18.2. The minimum atomic E-state index is -3.42. The molecule has 3 atom stereocenters. The Morgan fingerprint density at radius 3 is 2.90 bits per heavy atom. The molecule has 164 valence electrons. The number of hydrogen-bond donors (Lipinski definition) is 1. The highest BCUT2D eigenvalue weighted by atomic mass is 31.2. The fraction of sp³-hybridized carbons (Fsp3) is 0.579. The van der Waals surface area contributed by atoms with Gasteiger partial charge in [-0.25, -0.2) is 0 Å². The molecule has 30 heavy (non-hydrogen) atoms. The predicted molar refractivity (Wildman–Crippen MR) is 115 cm³/mol. The van der Waals surface area contributed by atoms with Crippen LogP contribution in [-0.4, -0.2) is 67.2 Å². The van der Waals surface area contributed by atoms with Crippen LogP contribution in [0.4, 0.5) is 0 Å². The number of fused-ring (bicyclic) bond motifs is 1. The van der Waals surface area contributed by atoms with E-state index in [9.17, 15) is 9.36 Å². The van der Waals surface area contributed by atoms with E-state index < -0.39 is 19.5 Å². The van der Waals surface area contributed by atoms with Crippen LogP contribution in [0.15, 0.2) is 38.8 Å². The Hall–Kier alpha value is -2.13. The molecule has 0 aromatic rings. The quantitative estimate of drug-likeness (QED) is 0.491. The average molecular weight is 437 g/mol. The maximum atomic E-state index is 13.1. The molecule has 11 heteroatoms. The first-order chi connectivity index (χ1) is 14.4. The second-order valence-corrected chi connectivity index (χ2v) is 9.18. The molecule has 0 aromatic heterocycles. The number of allylic oxidation sites excluding steroid dienone is 2. The van der Waals surface area contributed by atoms with E-state index >= 15 is 0 Å². The van der Waals surface area contributed by atoms with Crippen molar-refractivity contribution in [1.29, 1.82) is 0 Å². The predicted octanol–water partition coefficient (Wildman–Crippen LogP) is 2.23. The fourth-order valence-electron chi connectivity index (χ4n) is 3.02. The molecule has 0 saturated heterocycles. The first kappa shape index (κ1) is 22.6. The second-order valence-electron chi connectivity index (χ2n) is 7.18. The van der Waals surface area contributed by atoms with E-state index in [0.717, 1.165) is 18.4 Å². The lowest BCUT2D eigenvalue weighted by Gasteiger charge is -2.25. The lowest BCUT2D eigenvalue weighted by Crippen LogP contribution is -2.42. The number of rotatable bonds is 11. The summed E-state index contributed by atoms with van der Waals surface area (Å²) in [6.45, 7) is 4.64. The minimum absolute atomic E-state index is 0.0905. The molecule has 1 aliphatic carbocycles. The van der Waals surface area contributed by atoms with Crippen LogP contribution in [0.5, 0.6) is 0 Å². The summed E-state index contributed by atoms with van der Waals surface area (Å²) in [6, 6.07) is -0.761. The maximum Gasteiger partial charge on any atom is 0.356 e. The summed E-state index contributed by atoms with van der Waals surface area (Å²) in [5.74, 6) is -0.116. The Balaban J connectivity index is 1.54. The molecule has 0 saturated carbocycles. The van der Waals surface area contributed by atoms with Crippen molar-refractivity contribution in [3.05, 3.63) is 23.8 Å². The normalized spacial score (nSPS) is 23.5. The van der Waals surface area contributed by atoms with E-state index in [1.807, 2.05) is 19.9 Å². The summed E-state index contributed by atoms with van der Waals surface area (Å²) in [6.07, 6.45) is 9.76. The van der Waals surface area contributed by atoms with Crippen LogP contribution in [0.1, 0.15) is 33.1 Å². The van der Waals surface area contributed by atoms with Crippen LogP contribution in [0, 0.1) is 0 Å². The van der Waals surface area contributed by atoms with E-state index in [2.05, 4.69) is 27.1 Å². The van der Waals surface area contributed by atoms with Gasteiger partial charge in [-0.15, -0.1) is 0 Å². The molecule has 2 N–H and O–H groups in total. The molecule has 2 heterocycles. The van der Waals surface area contributed by atoms with Crippen LogP contribution < -0.4 is 5.73 Å². The highest BCUT2D eigenvalue weighted by molar-refractivity contribution is 7.53. The maximum absolute atomic E-state index is 13.1. The number of hydrogen-bond acceptors (Lipinski definition) is 9. The van der Waals surface area contributed by atoms with Crippen molar-refractivity contribution in [2.24, 2.45) is 20.7 Å². The van der Waals surface area contributed by atoms with Crippen molar-refractivity contribution in [2.75, 3.05) is 26.1 Å². The summed E-state index contributed by atoms with van der Waals surface area (Å²) in [5.41, 5.74) is 6.56. The molecule has 1 amide bonds. The number of amidine groups is 1. The summed E-state index contributed by atoms with van der Waals surface area (Å²) < 4.78 is 30.1. The van der Waals surface area contributed by atoms with Gasteiger partial charge in [0, 0.05) is 0 Å². The van der Waals surface area contributed by atoms with E-state index in [1.165, 1.54) is 6.34 Å². The largest absolute Gasteiger partial charge is 0.368 e. The topological polar surface area (TPSA) is 128 Å². The van der Waals surface area contributed by atoms with Crippen molar-refractivity contribution in [2.45, 2.75) is 45.3 Å². The molecule has 0 bridgehead atoms. The number of ether oxygens (including phenoxy) is 1. The Bertz CT molecular complexity index is 850. The number of nitrogens with zero attached hydrogens (tertiary/aromatic N) is 4. The Labute approximate surface area is 176 Å². The van der Waals surface area contributed by atoms with E-state index in [1.54, 1.807) is 4.90 Å². The minimum Gasteiger partial charge on any atom is -0.368 e. The van der Waals surface area contributed by atoms with Crippen molar-refractivity contribution < 1.29 is 23.1 Å². The lowest BCUT2D eigenvalue weighted by molar-refractivity contribution is -0.117. The van der Waals surface area contributed by atoms with Gasteiger partial charge < -0.3 is 24.4 Å². The highest BCUT2D eigenvalue weighted by Crippen LogP contribution is 2.49. The summed E-state index contributed by atoms with van der Waals surface area (Å²) in [5, 5.41) is 0. The van der Waals surface area contributed by atoms with Gasteiger partial charge in [-0.05, 0) is 31.8 Å². The SMILES string of the molecule is CCCOP(=O)(COC(C)CN1C=NC2C(=O)N=C(N)N=C21)OCC1=CCCC=C1. The van der Waals surface area contributed by atoms with Gasteiger partial charge in [-0.1, -0.05) is 25.2 Å². The Morgan fingerprint density at radius 1 is 1.33 bits per heavy atom. The first-order valence-corrected chi connectivity index (χ1v) is 11.7. The van der Waals surface area contributed by atoms with E-state index in [0.29, 0.717) is 25.4 Å². The monoisotopic (exact) mass is 437 g/mol. The number of carbonyl (C=O) groups is 1. The van der Waals surface area contributed by atoms with Crippen molar-refractivity contribution in [3.63, 3.8) is 0 Å². The van der Waals surface area contributed by atoms with Gasteiger partial charge in [0.05, 0.1) is 32.2 Å². The molecule has 3 unspecified atom stereocenters. The van der Waals surface area contributed by atoms with Gasteiger partial charge in [0.2, 0.25) is 5.96 Å². The number of aliphatic imine (C=N–C) groups is 3. The molecule has 3 aliphatic rings. The summed E-state index contributed by atoms with van der Waals surface area (Å²) in [7, 11) is -3.42. The third-order valence-corrected chi connectivity index (χ3v) is 6.11. The van der Waals surface area contributed by atoms with E-state index in [4.69, 9.17) is 19.5 Å². The Morgan fingerprint density at radius 2 is 2.17 bits per heavy atom. The van der Waals surface area contributed by atoms with Crippen molar-refractivity contribution >= 4 is 31.6 Å². The third-order valence-electron chi connectivity index (χ3n) is 4.54. The zero-order valence-electron chi connectivity index (χ0n) is 17.3. The first-order valence-electron chi connectivity index (χ1n) is 10.0. The molecule has 3 rings (SSSR count). The van der Waals surface area contributed by atoms with E-state index in [-0.39, 0.29) is 25.0 Å². The van der Waals surface area contributed by atoms with Crippen molar-refractivity contribution in [3.8, 4) is 0 Å². The molecule has 0 radical (unpaired) electrons. The second kappa shape index (κ2) is 10.3. The molecular weight excluding hydrogens is 409 g/mol. The van der Waals surface area contributed by atoms with Gasteiger partial charge in [0.1, 0.15) is 12.2 Å². The molecular formula is C19H28N5O5P. The number of nitrogens with two attached hydrogens (primary N) is 1. The molecule has 0 spiro atoms. The van der Waals surface area contributed by atoms with Gasteiger partial charge in [-0.3, -0.25) is 14.4 Å². The highest BCUT2D eigenvalue weighted by Gasteiger charge is 2.36. The third kappa shape index (κ3) is 5.95. The Kier molecular flexibility index (Phi) is 7.71. The standard InChI is InChI=1S/C19H28N5O5P/c1-3-9-28-30(26,29-11-15-7-5-4-6-8-15)13-27-14(2)10-24-12-21-16-17(24)22-19(20)23-18(16)25/h5,7-8,12,14,16H,3-4,6,9-11,13H2,1-2H3,(H2,20,23,25). The smallest absolute Gasteiger partial charge is 0.356 e. The number of carbonyl (C=O) groups excluding carboxylic acids is 1. The van der Waals surface area contributed by atoms with Crippen molar-refractivity contribution in [1.82, 2.24) is 4.90 Å². The molecule has 0 aromatic carbocycles. The van der Waals surface area contributed by atoms with Gasteiger partial charge in [-0.2, -0.15) is 9.98 Å². The summed E-state index contributed by atoms with van der Waals surface area (Å²) in [4.78, 5) is 25.4.